The number of hydrogen-bond donors (Lipinski definition) is 2. The minimum Gasteiger partial charge on any atom is -0.480 e. The van der Waals surface area contributed by atoms with Crippen molar-refractivity contribution in [3.63, 3.8) is 0 Å². The van der Waals surface area contributed by atoms with E-state index in [-0.39, 0.29) is 12.6 Å². The van der Waals surface area contributed by atoms with E-state index in [0.717, 1.165) is 43.4 Å². The first-order valence-electron chi connectivity index (χ1n) is 9.93. The van der Waals surface area contributed by atoms with Crippen molar-refractivity contribution in [1.29, 1.82) is 0 Å². The topological polar surface area (TPSA) is 118 Å². The third-order valence-electron chi connectivity index (χ3n) is 5.60. The predicted octanol–water partition coefficient (Wildman–Crippen LogP) is 3.47. The molecule has 2 aliphatic carbocycles. The number of ether oxygens (including phenoxy) is 1. The molecule has 0 radical (unpaired) electrons. The van der Waals surface area contributed by atoms with E-state index >= 15 is 0 Å². The Balaban J connectivity index is 1.62. The summed E-state index contributed by atoms with van der Waals surface area (Å²) in [6.45, 7) is -0.232. The fraction of sp³-hybridized carbons (Fsp3) is 0.526. The first-order chi connectivity index (χ1) is 14.4. The van der Waals surface area contributed by atoms with E-state index in [4.69, 9.17) is 9.84 Å². The lowest BCUT2D eigenvalue weighted by atomic mass is 9.92. The zero-order valence-electron chi connectivity index (χ0n) is 16.2. The van der Waals surface area contributed by atoms with E-state index < -0.39 is 23.3 Å². The van der Waals surface area contributed by atoms with Crippen molar-refractivity contribution < 1.29 is 23.4 Å². The fourth-order valence-corrected chi connectivity index (χ4v) is 5.42. The Morgan fingerprint density at radius 2 is 2.07 bits per heavy atom. The highest BCUT2D eigenvalue weighted by Crippen LogP contribution is 2.39. The van der Waals surface area contributed by atoms with Crippen LogP contribution in [-0.2, 0) is 29.0 Å². The second-order valence-electron chi connectivity index (χ2n) is 7.57. The molecule has 2 aromatic rings. The summed E-state index contributed by atoms with van der Waals surface area (Å²) in [5.41, 5.74) is 2.04. The van der Waals surface area contributed by atoms with Gasteiger partial charge in [0.25, 0.3) is 11.3 Å². The predicted molar refractivity (Wildman–Crippen MR) is 114 cm³/mol. The van der Waals surface area contributed by atoms with E-state index in [9.17, 15) is 13.6 Å². The molecule has 2 N–H and O–H groups in total. The summed E-state index contributed by atoms with van der Waals surface area (Å²) in [6, 6.07) is 1.33. The summed E-state index contributed by atoms with van der Waals surface area (Å²) in [4.78, 5) is 15.5. The molecule has 0 saturated heterocycles. The zero-order chi connectivity index (χ0) is 21.3. The summed E-state index contributed by atoms with van der Waals surface area (Å²) < 4.78 is 31.8. The average Bonchev–Trinajstić information content (AvgIpc) is 3.34. The molecule has 2 unspecified atom stereocenters. The van der Waals surface area contributed by atoms with Gasteiger partial charge in [-0.3, -0.25) is 18.3 Å². The number of fused-ring (bicyclic) bond motifs is 1. The smallest absolute Gasteiger partial charge is 0.325 e. The number of carboxylic acid groups (broad SMARTS) is 1. The maximum absolute atomic E-state index is 12.3. The van der Waals surface area contributed by atoms with Crippen LogP contribution in [-0.4, -0.2) is 40.7 Å². The lowest BCUT2D eigenvalue weighted by molar-refractivity contribution is -0.137. The Kier molecular flexibility index (Phi) is 6.40. The molecule has 162 valence electrons. The number of pyridine rings is 1. The molecule has 1 saturated carbocycles. The van der Waals surface area contributed by atoms with Crippen molar-refractivity contribution in [3.8, 4) is 5.88 Å². The number of aliphatic carboxylic acids is 1. The minimum absolute atomic E-state index is 0.156. The van der Waals surface area contributed by atoms with Crippen LogP contribution in [0, 0.1) is 0 Å². The van der Waals surface area contributed by atoms with Gasteiger partial charge in [0.2, 0.25) is 5.88 Å². The van der Waals surface area contributed by atoms with Gasteiger partial charge in [0.05, 0.1) is 28.6 Å². The van der Waals surface area contributed by atoms with Crippen LogP contribution in [0.3, 0.4) is 0 Å². The summed E-state index contributed by atoms with van der Waals surface area (Å²) in [5, 5.41) is 13.3. The number of halogens is 1. The van der Waals surface area contributed by atoms with Crippen molar-refractivity contribution in [2.45, 2.75) is 63.6 Å². The van der Waals surface area contributed by atoms with Crippen LogP contribution in [0.1, 0.15) is 55.8 Å². The molecule has 2 aromatic heterocycles. The van der Waals surface area contributed by atoms with E-state index in [2.05, 4.69) is 26.0 Å². The average molecular weight is 499 g/mol. The number of nitrogens with zero attached hydrogens (tertiary/aromatic N) is 4. The van der Waals surface area contributed by atoms with Crippen molar-refractivity contribution in [1.82, 2.24) is 14.8 Å². The second kappa shape index (κ2) is 9.03. The minimum atomic E-state index is -2.30. The largest absolute Gasteiger partial charge is 0.480 e. The van der Waals surface area contributed by atoms with Gasteiger partial charge in [0.15, 0.2) is 0 Å². The van der Waals surface area contributed by atoms with Gasteiger partial charge in [-0.05, 0) is 66.9 Å². The molecular formula is C19H23BrN4O5S. The summed E-state index contributed by atoms with van der Waals surface area (Å²) in [7, 11) is 0. The van der Waals surface area contributed by atoms with Crippen LogP contribution < -0.4 is 9.04 Å². The summed E-state index contributed by atoms with van der Waals surface area (Å²) >= 11 is 1.18. The zero-order valence-corrected chi connectivity index (χ0v) is 18.6. The molecule has 1 fully saturated rings. The Morgan fingerprint density at radius 3 is 2.73 bits per heavy atom. The third-order valence-corrected chi connectivity index (χ3v) is 6.97. The van der Waals surface area contributed by atoms with Crippen LogP contribution in [0.2, 0.25) is 0 Å². The SMILES string of the molecule is O=C(O)Cn1ncc2c1CCCC2N(c1cnc(OC2CCCC2)c(Br)c1)S(=O)O. The fourth-order valence-electron chi connectivity index (χ4n) is 4.27. The number of rotatable bonds is 7. The standard InChI is InChI=1S/C19H23BrN4O5S/c20-15-8-12(9-21-19(15)29-13-4-1-2-5-13)24(30(27)28)17-7-3-6-16-14(17)10-22-23(16)11-18(25)26/h8-10,13,17H,1-7,11H2,(H,25,26)(H,27,28). The van der Waals surface area contributed by atoms with Gasteiger partial charge >= 0.3 is 5.97 Å². The monoisotopic (exact) mass is 498 g/mol. The van der Waals surface area contributed by atoms with Gasteiger partial charge in [-0.2, -0.15) is 5.10 Å². The van der Waals surface area contributed by atoms with Crippen molar-refractivity contribution >= 4 is 38.9 Å². The molecule has 30 heavy (non-hydrogen) atoms. The molecule has 4 rings (SSSR count). The van der Waals surface area contributed by atoms with Gasteiger partial charge in [-0.25, -0.2) is 9.19 Å². The molecule has 0 bridgehead atoms. The Bertz CT molecular complexity index is 962. The molecule has 2 aliphatic rings. The Labute approximate surface area is 185 Å². The van der Waals surface area contributed by atoms with Crippen LogP contribution in [0.4, 0.5) is 5.69 Å². The molecule has 0 amide bonds. The van der Waals surface area contributed by atoms with Crippen LogP contribution >= 0.6 is 15.9 Å². The highest BCUT2D eigenvalue weighted by molar-refractivity contribution is 9.10. The van der Waals surface area contributed by atoms with Gasteiger partial charge < -0.3 is 9.84 Å². The third kappa shape index (κ3) is 4.37. The number of aromatic nitrogens is 3. The van der Waals surface area contributed by atoms with E-state index in [1.165, 1.54) is 8.99 Å². The molecular weight excluding hydrogens is 476 g/mol. The van der Waals surface area contributed by atoms with Crippen LogP contribution in [0.25, 0.3) is 0 Å². The van der Waals surface area contributed by atoms with Crippen LogP contribution in [0.15, 0.2) is 22.9 Å². The highest BCUT2D eigenvalue weighted by Gasteiger charge is 2.33. The van der Waals surface area contributed by atoms with E-state index in [0.29, 0.717) is 28.9 Å². The molecule has 0 spiro atoms. The Hall–Kier alpha value is -1.98. The van der Waals surface area contributed by atoms with Gasteiger partial charge in [-0.1, -0.05) is 0 Å². The van der Waals surface area contributed by atoms with Gasteiger partial charge in [-0.15, -0.1) is 0 Å². The number of carbonyl (C=O) groups is 1. The van der Waals surface area contributed by atoms with E-state index in [1.54, 1.807) is 18.5 Å². The molecule has 2 heterocycles. The summed E-state index contributed by atoms with van der Waals surface area (Å²) in [5.74, 6) is -0.496. The summed E-state index contributed by atoms with van der Waals surface area (Å²) in [6.07, 6.45) is 9.70. The van der Waals surface area contributed by atoms with Gasteiger partial charge in [0.1, 0.15) is 12.6 Å². The lowest BCUT2D eigenvalue weighted by Crippen LogP contribution is -2.33. The highest BCUT2D eigenvalue weighted by atomic mass is 79.9. The van der Waals surface area contributed by atoms with Crippen molar-refractivity contribution in [3.05, 3.63) is 34.2 Å². The maximum Gasteiger partial charge on any atom is 0.325 e. The lowest BCUT2D eigenvalue weighted by Gasteiger charge is -2.32. The quantitative estimate of drug-likeness (QED) is 0.561. The number of anilines is 1. The van der Waals surface area contributed by atoms with E-state index in [1.807, 2.05) is 0 Å². The number of hydrogen-bond acceptors (Lipinski definition) is 5. The molecule has 0 aromatic carbocycles. The first kappa shape index (κ1) is 21.3. The molecule has 11 heteroatoms. The van der Waals surface area contributed by atoms with Crippen LogP contribution in [0.5, 0.6) is 5.88 Å². The molecule has 9 nitrogen and oxygen atoms in total. The van der Waals surface area contributed by atoms with Crippen molar-refractivity contribution in [2.24, 2.45) is 0 Å². The first-order valence-corrected chi connectivity index (χ1v) is 11.8. The van der Waals surface area contributed by atoms with Crippen molar-refractivity contribution in [2.75, 3.05) is 4.31 Å². The van der Waals surface area contributed by atoms with Gasteiger partial charge in [0, 0.05) is 11.3 Å². The molecule has 0 aliphatic heterocycles. The normalized spacial score (nSPS) is 20.0. The second-order valence-corrected chi connectivity index (χ2v) is 9.28. The number of carboxylic acids is 1. The molecule has 2 atom stereocenters. The Morgan fingerprint density at radius 1 is 1.30 bits per heavy atom. The maximum atomic E-state index is 12.3.